The highest BCUT2D eigenvalue weighted by atomic mass is 16.7. The van der Waals surface area contributed by atoms with Crippen molar-refractivity contribution in [2.24, 2.45) is 0 Å². The lowest BCUT2D eigenvalue weighted by molar-refractivity contribution is -0.166. The summed E-state index contributed by atoms with van der Waals surface area (Å²) in [5, 5.41) is 20.4. The molecule has 0 aromatic carbocycles. The zero-order valence-electron chi connectivity index (χ0n) is 6.29. The summed E-state index contributed by atoms with van der Waals surface area (Å²) in [6.07, 6.45) is -0.659. The van der Waals surface area contributed by atoms with Crippen molar-refractivity contribution in [2.75, 3.05) is 19.7 Å². The molecule has 1 aliphatic heterocycles. The molecule has 0 aliphatic carbocycles. The van der Waals surface area contributed by atoms with Crippen LogP contribution in [0.4, 0.5) is 0 Å². The van der Waals surface area contributed by atoms with Crippen molar-refractivity contribution in [3.8, 4) is 0 Å². The molecule has 0 bridgehead atoms. The van der Waals surface area contributed by atoms with E-state index in [1.165, 1.54) is 0 Å². The van der Waals surface area contributed by atoms with Crippen LogP contribution in [0.15, 0.2) is 0 Å². The molecule has 4 N–H and O–H groups in total. The van der Waals surface area contributed by atoms with Gasteiger partial charge in [0.1, 0.15) is 0 Å². The van der Waals surface area contributed by atoms with Crippen LogP contribution in [0.25, 0.3) is 0 Å². The maximum atomic E-state index is 8.95. The normalized spacial score (nSPS) is 21.3. The Labute approximate surface area is 65.3 Å². The molecule has 5 nitrogen and oxygen atoms in total. The molecule has 0 aromatic rings. The lowest BCUT2D eigenvalue weighted by Crippen LogP contribution is -2.55. The summed E-state index contributed by atoms with van der Waals surface area (Å²) in [6.45, 7) is 1.67. The minimum atomic E-state index is -0.902. The Morgan fingerprint density at radius 2 is 2.36 bits per heavy atom. The molecule has 0 aromatic heterocycles. The molecule has 1 unspecified atom stereocenters. The van der Waals surface area contributed by atoms with Crippen molar-refractivity contribution in [1.82, 2.24) is 10.8 Å². The second kappa shape index (κ2) is 4.63. The Kier molecular flexibility index (Phi) is 3.74. The quantitative estimate of drug-likeness (QED) is 0.283. The van der Waals surface area contributed by atoms with E-state index in [1.807, 2.05) is 0 Å². The Morgan fingerprint density at radius 1 is 1.64 bits per heavy atom. The van der Waals surface area contributed by atoms with Gasteiger partial charge < -0.3 is 15.5 Å². The molecular weight excluding hydrogens is 148 g/mol. The zero-order valence-corrected chi connectivity index (χ0v) is 6.29. The highest BCUT2D eigenvalue weighted by Gasteiger charge is 2.17. The fourth-order valence-electron chi connectivity index (χ4n) is 0.716. The summed E-state index contributed by atoms with van der Waals surface area (Å²) in [4.78, 5) is 4.79. The van der Waals surface area contributed by atoms with Crippen molar-refractivity contribution in [2.45, 2.75) is 18.8 Å². The standard InChI is InChI=1S/C6H14N2O3/c9-2-1-6(10)11-8-5-3-7-4-5/h5-10H,1-4H2. The summed E-state index contributed by atoms with van der Waals surface area (Å²) in [7, 11) is 0. The first-order valence-corrected chi connectivity index (χ1v) is 3.73. The molecule has 1 saturated heterocycles. The number of aliphatic hydroxyl groups excluding tert-OH is 2. The molecule has 1 rings (SSSR count). The number of aliphatic hydroxyl groups is 2. The van der Waals surface area contributed by atoms with Crippen LogP contribution in [-0.4, -0.2) is 42.2 Å². The van der Waals surface area contributed by atoms with Gasteiger partial charge >= 0.3 is 0 Å². The van der Waals surface area contributed by atoms with Gasteiger partial charge in [-0.25, -0.2) is 0 Å². The van der Waals surface area contributed by atoms with E-state index in [0.717, 1.165) is 13.1 Å². The molecule has 1 atom stereocenters. The monoisotopic (exact) mass is 162 g/mol. The lowest BCUT2D eigenvalue weighted by Gasteiger charge is -2.28. The van der Waals surface area contributed by atoms with Crippen molar-refractivity contribution in [1.29, 1.82) is 0 Å². The van der Waals surface area contributed by atoms with Gasteiger partial charge in [-0.3, -0.25) is 4.84 Å². The van der Waals surface area contributed by atoms with Crippen LogP contribution in [0.2, 0.25) is 0 Å². The van der Waals surface area contributed by atoms with Crippen LogP contribution >= 0.6 is 0 Å². The van der Waals surface area contributed by atoms with E-state index in [2.05, 4.69) is 10.8 Å². The smallest absolute Gasteiger partial charge is 0.176 e. The molecule has 0 spiro atoms. The van der Waals surface area contributed by atoms with Gasteiger partial charge in [-0.2, -0.15) is 5.48 Å². The SMILES string of the molecule is OCCC(O)ONC1CNC1. The number of hydroxylamine groups is 1. The number of nitrogens with one attached hydrogen (secondary N) is 2. The largest absolute Gasteiger partial charge is 0.396 e. The van der Waals surface area contributed by atoms with Gasteiger partial charge in [0.2, 0.25) is 0 Å². The van der Waals surface area contributed by atoms with E-state index in [4.69, 9.17) is 15.1 Å². The first-order valence-electron chi connectivity index (χ1n) is 3.73. The van der Waals surface area contributed by atoms with E-state index in [9.17, 15) is 0 Å². The molecule has 1 heterocycles. The van der Waals surface area contributed by atoms with Crippen LogP contribution in [0.1, 0.15) is 6.42 Å². The Bertz CT molecular complexity index is 108. The summed E-state index contributed by atoms with van der Waals surface area (Å²) >= 11 is 0. The summed E-state index contributed by atoms with van der Waals surface area (Å²) in [6, 6.07) is 0.295. The molecule has 0 radical (unpaired) electrons. The van der Waals surface area contributed by atoms with Crippen LogP contribution < -0.4 is 10.8 Å². The Morgan fingerprint density at radius 3 is 2.82 bits per heavy atom. The third-order valence-corrected chi connectivity index (χ3v) is 1.53. The van der Waals surface area contributed by atoms with Crippen LogP contribution in [0, 0.1) is 0 Å². The molecular formula is C6H14N2O3. The van der Waals surface area contributed by atoms with Gasteiger partial charge in [0.15, 0.2) is 6.29 Å². The minimum Gasteiger partial charge on any atom is -0.396 e. The highest BCUT2D eigenvalue weighted by Crippen LogP contribution is 1.94. The van der Waals surface area contributed by atoms with Gasteiger partial charge in [-0.05, 0) is 0 Å². The van der Waals surface area contributed by atoms with Crippen molar-refractivity contribution >= 4 is 0 Å². The lowest BCUT2D eigenvalue weighted by atomic mass is 10.2. The molecule has 0 amide bonds. The van der Waals surface area contributed by atoms with Crippen molar-refractivity contribution < 1.29 is 15.1 Å². The fourth-order valence-corrected chi connectivity index (χ4v) is 0.716. The van der Waals surface area contributed by atoms with Gasteiger partial charge in [0, 0.05) is 26.1 Å². The van der Waals surface area contributed by atoms with E-state index >= 15 is 0 Å². The minimum absolute atomic E-state index is 0.0637. The molecule has 1 aliphatic rings. The van der Waals surface area contributed by atoms with Crippen LogP contribution in [0.3, 0.4) is 0 Å². The Hall–Kier alpha value is -0.200. The second-order valence-corrected chi connectivity index (χ2v) is 2.56. The van der Waals surface area contributed by atoms with Gasteiger partial charge in [0.25, 0.3) is 0 Å². The van der Waals surface area contributed by atoms with E-state index in [-0.39, 0.29) is 13.0 Å². The maximum Gasteiger partial charge on any atom is 0.176 e. The fraction of sp³-hybridized carbons (Fsp3) is 1.00. The predicted molar refractivity (Wildman–Crippen MR) is 38.6 cm³/mol. The summed E-state index contributed by atoms with van der Waals surface area (Å²) < 4.78 is 0. The number of rotatable bonds is 5. The molecule has 11 heavy (non-hydrogen) atoms. The second-order valence-electron chi connectivity index (χ2n) is 2.56. The summed E-state index contributed by atoms with van der Waals surface area (Å²) in [5.41, 5.74) is 2.68. The number of hydrogen-bond acceptors (Lipinski definition) is 5. The van der Waals surface area contributed by atoms with Gasteiger partial charge in [-0.15, -0.1) is 0 Å². The third kappa shape index (κ3) is 3.13. The van der Waals surface area contributed by atoms with Crippen LogP contribution in [-0.2, 0) is 4.84 Å². The van der Waals surface area contributed by atoms with E-state index in [0.29, 0.717) is 6.04 Å². The predicted octanol–water partition coefficient (Wildman–Crippen LogP) is -1.82. The van der Waals surface area contributed by atoms with E-state index < -0.39 is 6.29 Å². The first-order chi connectivity index (χ1) is 5.33. The van der Waals surface area contributed by atoms with Gasteiger partial charge in [-0.1, -0.05) is 0 Å². The molecule has 0 saturated carbocycles. The average molecular weight is 162 g/mol. The van der Waals surface area contributed by atoms with Gasteiger partial charge in [0.05, 0.1) is 6.04 Å². The van der Waals surface area contributed by atoms with Crippen molar-refractivity contribution in [3.63, 3.8) is 0 Å². The van der Waals surface area contributed by atoms with E-state index in [1.54, 1.807) is 0 Å². The maximum absolute atomic E-state index is 8.95. The highest BCUT2D eigenvalue weighted by molar-refractivity contribution is 4.78. The number of hydrogen-bond donors (Lipinski definition) is 4. The first kappa shape index (κ1) is 8.89. The van der Waals surface area contributed by atoms with Crippen molar-refractivity contribution in [3.05, 3.63) is 0 Å². The third-order valence-electron chi connectivity index (χ3n) is 1.53. The van der Waals surface area contributed by atoms with Crippen LogP contribution in [0.5, 0.6) is 0 Å². The average Bonchev–Trinajstić information content (AvgIpc) is 1.85. The molecule has 5 heteroatoms. The molecule has 66 valence electrons. The Balaban J connectivity index is 1.92. The topological polar surface area (TPSA) is 73.8 Å². The molecule has 1 fully saturated rings. The summed E-state index contributed by atoms with van der Waals surface area (Å²) in [5.74, 6) is 0. The zero-order chi connectivity index (χ0) is 8.10.